The van der Waals surface area contributed by atoms with Crippen LogP contribution in [0.15, 0.2) is 89.9 Å². The molecule has 4 heterocycles. The number of piperidine rings is 1. The van der Waals surface area contributed by atoms with Gasteiger partial charge in [-0.1, -0.05) is 52.3 Å². The van der Waals surface area contributed by atoms with E-state index in [1.54, 1.807) is 0 Å². The predicted molar refractivity (Wildman–Crippen MR) is 140 cm³/mol. The zero-order valence-electron chi connectivity index (χ0n) is 19.5. The van der Waals surface area contributed by atoms with Crippen molar-refractivity contribution in [3.8, 4) is 11.4 Å². The van der Waals surface area contributed by atoms with Gasteiger partial charge < -0.3 is 9.47 Å². The van der Waals surface area contributed by atoms with E-state index in [0.29, 0.717) is 18.8 Å². The summed E-state index contributed by atoms with van der Waals surface area (Å²) < 4.78 is 3.31. The Bertz CT molecular complexity index is 1340. The number of likely N-dealkylation sites (tertiary alicyclic amines) is 1. The van der Waals surface area contributed by atoms with E-state index < -0.39 is 5.54 Å². The quantitative estimate of drug-likeness (QED) is 0.320. The number of rotatable bonds is 5. The summed E-state index contributed by atoms with van der Waals surface area (Å²) >= 11 is 3.58. The summed E-state index contributed by atoms with van der Waals surface area (Å²) in [6, 6.07) is 21.2. The minimum atomic E-state index is -0.450. The van der Waals surface area contributed by atoms with Gasteiger partial charge in [-0.15, -0.1) is 0 Å². The van der Waals surface area contributed by atoms with E-state index in [9.17, 15) is 4.79 Å². The maximum atomic E-state index is 13.5. The first-order valence-corrected chi connectivity index (χ1v) is 13.0. The van der Waals surface area contributed by atoms with Crippen molar-refractivity contribution in [3.63, 3.8) is 0 Å². The number of hydrogen-bond donors (Lipinski definition) is 0. The number of carbonyl (C=O) groups excluding carboxylic acids is 1. The van der Waals surface area contributed by atoms with Crippen molar-refractivity contribution in [3.05, 3.63) is 107 Å². The fraction of sp³-hybridized carbons (Fsp3) is 0.276. The Morgan fingerprint density at radius 2 is 1.71 bits per heavy atom. The number of hydrogen-bond acceptors (Lipinski definition) is 3. The van der Waals surface area contributed by atoms with Gasteiger partial charge in [-0.25, -0.2) is 4.98 Å². The van der Waals surface area contributed by atoms with Crippen LogP contribution in [0.5, 0.6) is 0 Å². The molecule has 35 heavy (non-hydrogen) atoms. The van der Waals surface area contributed by atoms with Crippen molar-refractivity contribution in [1.82, 2.24) is 19.4 Å². The Morgan fingerprint density at radius 3 is 2.49 bits per heavy atom. The molecule has 2 aliphatic heterocycles. The highest BCUT2D eigenvalue weighted by molar-refractivity contribution is 9.10. The number of benzene rings is 2. The second-order valence-electron chi connectivity index (χ2n) is 9.47. The van der Waals surface area contributed by atoms with Gasteiger partial charge in [0.25, 0.3) is 0 Å². The van der Waals surface area contributed by atoms with Crippen molar-refractivity contribution in [2.45, 2.75) is 37.1 Å². The van der Waals surface area contributed by atoms with Gasteiger partial charge in [0.1, 0.15) is 5.82 Å². The molecule has 0 bridgehead atoms. The minimum absolute atomic E-state index is 0.237. The summed E-state index contributed by atoms with van der Waals surface area (Å²) in [4.78, 5) is 24.4. The van der Waals surface area contributed by atoms with E-state index in [0.717, 1.165) is 41.8 Å². The molecule has 0 saturated carbocycles. The molecule has 2 aliphatic rings. The third-order valence-electron chi connectivity index (χ3n) is 7.71. The van der Waals surface area contributed by atoms with E-state index in [4.69, 9.17) is 0 Å². The Labute approximate surface area is 214 Å². The molecule has 1 atom stereocenters. The molecule has 6 heteroatoms. The normalized spacial score (nSPS) is 19.4. The summed E-state index contributed by atoms with van der Waals surface area (Å²) in [5, 5.41) is 0. The summed E-state index contributed by atoms with van der Waals surface area (Å²) in [6.07, 6.45) is 10.8. The van der Waals surface area contributed by atoms with Crippen LogP contribution >= 0.6 is 15.9 Å². The molecule has 1 amide bonds. The highest BCUT2D eigenvalue weighted by Crippen LogP contribution is 2.49. The van der Waals surface area contributed by atoms with E-state index >= 15 is 0 Å². The number of nitrogens with zero attached hydrogens (tertiary/aromatic N) is 4. The lowest BCUT2D eigenvalue weighted by molar-refractivity contribution is -0.132. The number of aromatic nitrogens is 3. The summed E-state index contributed by atoms with van der Waals surface area (Å²) in [7, 11) is 0. The van der Waals surface area contributed by atoms with Crippen LogP contribution in [0.1, 0.15) is 48.3 Å². The largest absolute Gasteiger partial charge is 0.343 e. The van der Waals surface area contributed by atoms with Gasteiger partial charge >= 0.3 is 0 Å². The number of carbonyl (C=O) groups is 1. The average molecular weight is 527 g/mol. The second-order valence-corrected chi connectivity index (χ2v) is 10.4. The number of fused-ring (bicyclic) bond motifs is 3. The molecule has 4 aromatic rings. The topological polar surface area (TPSA) is 51.0 Å². The summed E-state index contributed by atoms with van der Waals surface area (Å²) in [6.45, 7) is 1.62. The van der Waals surface area contributed by atoms with Crippen molar-refractivity contribution in [2.24, 2.45) is 0 Å². The lowest BCUT2D eigenvalue weighted by Crippen LogP contribution is -2.40. The van der Waals surface area contributed by atoms with Crippen LogP contribution in [0.25, 0.3) is 11.4 Å². The Kier molecular flexibility index (Phi) is 5.77. The highest BCUT2D eigenvalue weighted by atomic mass is 79.9. The summed E-state index contributed by atoms with van der Waals surface area (Å²) in [5.74, 6) is 1.71. The highest BCUT2D eigenvalue weighted by Gasteiger charge is 2.45. The Morgan fingerprint density at radius 1 is 0.971 bits per heavy atom. The summed E-state index contributed by atoms with van der Waals surface area (Å²) in [5.41, 5.74) is 4.42. The molecule has 1 unspecified atom stereocenters. The van der Waals surface area contributed by atoms with Gasteiger partial charge in [0.05, 0.1) is 5.54 Å². The van der Waals surface area contributed by atoms with Crippen molar-refractivity contribution in [2.75, 3.05) is 13.1 Å². The van der Waals surface area contributed by atoms with E-state index in [2.05, 4.69) is 102 Å². The van der Waals surface area contributed by atoms with Gasteiger partial charge in [-0.05, 0) is 66.1 Å². The molecule has 176 valence electrons. The third-order valence-corrected chi connectivity index (χ3v) is 8.24. The number of halogens is 1. The zero-order chi connectivity index (χ0) is 23.8. The van der Waals surface area contributed by atoms with Crippen LogP contribution in [0.2, 0.25) is 0 Å². The second kappa shape index (κ2) is 9.08. The van der Waals surface area contributed by atoms with Crippen molar-refractivity contribution < 1.29 is 4.79 Å². The fourth-order valence-corrected chi connectivity index (χ4v) is 6.21. The predicted octanol–water partition coefficient (Wildman–Crippen LogP) is 6.00. The molecule has 0 radical (unpaired) electrons. The monoisotopic (exact) mass is 526 g/mol. The van der Waals surface area contributed by atoms with Crippen LogP contribution in [0, 0.1) is 0 Å². The maximum Gasteiger partial charge on any atom is 0.222 e. The number of amides is 1. The third kappa shape index (κ3) is 3.80. The van der Waals surface area contributed by atoms with Crippen LogP contribution in [0.4, 0.5) is 0 Å². The van der Waals surface area contributed by atoms with Gasteiger partial charge in [0.15, 0.2) is 0 Å². The first-order valence-electron chi connectivity index (χ1n) is 12.2. The van der Waals surface area contributed by atoms with Gasteiger partial charge in [-0.3, -0.25) is 9.78 Å². The molecule has 1 fully saturated rings. The van der Waals surface area contributed by atoms with Crippen LogP contribution < -0.4 is 0 Å². The molecule has 2 aromatic heterocycles. The smallest absolute Gasteiger partial charge is 0.222 e. The standard InChI is InChI=1S/C29H27BrN4O/c30-24-7-5-23(6-8-24)29(26-4-2-1-3-25(26)28-32-17-20-34(28)29)14-9-27(35)33-18-12-22(13-19-33)21-10-15-31-16-11-21/h1-8,10-11,15-17,20,22H,9,12-14,18-19H2. The Balaban J connectivity index is 1.26. The molecular weight excluding hydrogens is 500 g/mol. The van der Waals surface area contributed by atoms with Gasteiger partial charge in [0.2, 0.25) is 5.91 Å². The molecule has 0 N–H and O–H groups in total. The van der Waals surface area contributed by atoms with Crippen LogP contribution in [-0.4, -0.2) is 38.4 Å². The lowest BCUT2D eigenvalue weighted by Gasteiger charge is -2.36. The first kappa shape index (κ1) is 22.2. The molecule has 2 aromatic carbocycles. The van der Waals surface area contributed by atoms with Gasteiger partial charge in [-0.2, -0.15) is 0 Å². The van der Waals surface area contributed by atoms with Crippen LogP contribution in [-0.2, 0) is 10.3 Å². The van der Waals surface area contributed by atoms with Crippen molar-refractivity contribution in [1.29, 1.82) is 0 Å². The zero-order valence-corrected chi connectivity index (χ0v) is 21.1. The lowest BCUT2D eigenvalue weighted by atomic mass is 9.79. The molecule has 0 aliphatic carbocycles. The maximum absolute atomic E-state index is 13.5. The number of pyridine rings is 1. The fourth-order valence-electron chi connectivity index (χ4n) is 5.94. The van der Waals surface area contributed by atoms with Gasteiger partial charge in [0, 0.05) is 54.3 Å². The molecular formula is C29H27BrN4O. The first-order chi connectivity index (χ1) is 17.2. The van der Waals surface area contributed by atoms with Crippen molar-refractivity contribution >= 4 is 21.8 Å². The van der Waals surface area contributed by atoms with Crippen LogP contribution in [0.3, 0.4) is 0 Å². The Hall–Kier alpha value is -3.25. The molecule has 5 nitrogen and oxygen atoms in total. The van der Waals surface area contributed by atoms with E-state index in [1.165, 1.54) is 16.7 Å². The molecule has 0 spiro atoms. The minimum Gasteiger partial charge on any atom is -0.343 e. The van der Waals surface area contributed by atoms with E-state index in [1.807, 2.05) is 18.6 Å². The van der Waals surface area contributed by atoms with E-state index in [-0.39, 0.29) is 5.91 Å². The number of imidazole rings is 1. The molecule has 6 rings (SSSR count). The average Bonchev–Trinajstić information content (AvgIpc) is 3.50. The SMILES string of the molecule is O=C(CCC1(c2ccc(Br)cc2)c2ccccc2-c2nccn21)N1CCC(c2ccncc2)CC1. The molecule has 1 saturated heterocycles.